The lowest BCUT2D eigenvalue weighted by Gasteiger charge is -2.05. The monoisotopic (exact) mass is 397 g/mol. The first kappa shape index (κ1) is 19.1. The molecule has 146 valence electrons. The largest absolute Gasteiger partial charge is 0.342 e. The highest BCUT2D eigenvalue weighted by atomic mass is 19.1. The van der Waals surface area contributed by atoms with E-state index in [2.05, 4.69) is 6.07 Å². The number of halogens is 1. The van der Waals surface area contributed by atoms with E-state index in [1.165, 1.54) is 24.3 Å². The Kier molecular flexibility index (Phi) is 5.10. The molecule has 0 saturated heterocycles. The minimum atomic E-state index is -0.479. The highest BCUT2D eigenvalue weighted by Gasteiger charge is 2.12. The number of para-hydroxylation sites is 1. The summed E-state index contributed by atoms with van der Waals surface area (Å²) in [6.07, 6.45) is 3.67. The molecular weight excluding hydrogens is 381 g/mol. The highest BCUT2D eigenvalue weighted by Crippen LogP contribution is 2.28. The van der Waals surface area contributed by atoms with Crippen LogP contribution in [-0.4, -0.2) is 9.49 Å². The molecule has 0 N–H and O–H groups in total. The second kappa shape index (κ2) is 8.02. The van der Waals surface area contributed by atoms with Gasteiger partial charge in [-0.1, -0.05) is 42.5 Å². The fourth-order valence-corrected chi connectivity index (χ4v) is 3.43. The number of aromatic nitrogens is 1. The van der Waals surface area contributed by atoms with Gasteiger partial charge in [-0.05, 0) is 35.4 Å². The van der Waals surface area contributed by atoms with Gasteiger partial charge < -0.3 is 4.57 Å². The highest BCUT2D eigenvalue weighted by molar-refractivity contribution is 5.98. The number of benzene rings is 3. The summed E-state index contributed by atoms with van der Waals surface area (Å²) in [5.74, 6) is -0.282. The van der Waals surface area contributed by atoms with Gasteiger partial charge in [0.15, 0.2) is 0 Å². The molecule has 4 aromatic rings. The first-order valence-corrected chi connectivity index (χ1v) is 9.24. The molecule has 0 bridgehead atoms. The van der Waals surface area contributed by atoms with E-state index in [9.17, 15) is 19.8 Å². The lowest BCUT2D eigenvalue weighted by molar-refractivity contribution is -0.384. The van der Waals surface area contributed by atoms with Crippen LogP contribution in [0.1, 0.15) is 16.7 Å². The molecule has 0 spiro atoms. The quantitative estimate of drug-likeness (QED) is 0.243. The Morgan fingerprint density at radius 2 is 1.87 bits per heavy atom. The third-order valence-corrected chi connectivity index (χ3v) is 4.87. The number of fused-ring (bicyclic) bond motifs is 1. The van der Waals surface area contributed by atoms with Crippen molar-refractivity contribution < 1.29 is 9.31 Å². The van der Waals surface area contributed by atoms with Gasteiger partial charge in [0.1, 0.15) is 5.82 Å². The molecule has 0 radical (unpaired) electrons. The summed E-state index contributed by atoms with van der Waals surface area (Å²) < 4.78 is 15.3. The van der Waals surface area contributed by atoms with E-state index >= 15 is 0 Å². The minimum Gasteiger partial charge on any atom is -0.342 e. The summed E-state index contributed by atoms with van der Waals surface area (Å²) in [4.78, 5) is 10.6. The molecule has 0 atom stereocenters. The molecule has 30 heavy (non-hydrogen) atoms. The Labute approximate surface area is 172 Å². The van der Waals surface area contributed by atoms with Gasteiger partial charge in [0, 0.05) is 41.3 Å². The van der Waals surface area contributed by atoms with E-state index in [1.807, 2.05) is 35.0 Å². The van der Waals surface area contributed by atoms with Crippen LogP contribution in [0.3, 0.4) is 0 Å². The Hall–Kier alpha value is -4.24. The van der Waals surface area contributed by atoms with E-state index in [-0.39, 0.29) is 11.5 Å². The molecule has 0 saturated carbocycles. The molecule has 0 amide bonds. The number of nitrogens with zero attached hydrogens (tertiary/aromatic N) is 3. The van der Waals surface area contributed by atoms with Crippen LogP contribution in [-0.2, 0) is 6.54 Å². The average molecular weight is 397 g/mol. The molecule has 0 aliphatic heterocycles. The third kappa shape index (κ3) is 3.82. The topological polar surface area (TPSA) is 71.9 Å². The second-order valence-corrected chi connectivity index (χ2v) is 6.83. The van der Waals surface area contributed by atoms with Crippen molar-refractivity contribution in [3.05, 3.63) is 112 Å². The number of non-ortho nitro benzene ring substituents is 1. The maximum absolute atomic E-state index is 13.2. The molecule has 1 aromatic heterocycles. The molecule has 5 nitrogen and oxygen atoms in total. The predicted molar refractivity (Wildman–Crippen MR) is 114 cm³/mol. The van der Waals surface area contributed by atoms with Crippen molar-refractivity contribution in [1.82, 2.24) is 4.57 Å². The van der Waals surface area contributed by atoms with Crippen LogP contribution >= 0.6 is 0 Å². The molecule has 0 fully saturated rings. The number of allylic oxidation sites excluding steroid dienone is 1. The lowest BCUT2D eigenvalue weighted by atomic mass is 10.0. The average Bonchev–Trinajstić information content (AvgIpc) is 3.11. The van der Waals surface area contributed by atoms with Crippen molar-refractivity contribution >= 4 is 28.2 Å². The van der Waals surface area contributed by atoms with Crippen molar-refractivity contribution in [2.75, 3.05) is 0 Å². The zero-order valence-corrected chi connectivity index (χ0v) is 15.8. The zero-order valence-electron chi connectivity index (χ0n) is 15.8. The van der Waals surface area contributed by atoms with Crippen molar-refractivity contribution in [3.8, 4) is 6.07 Å². The Balaban J connectivity index is 1.78. The number of nitro benzene ring substituents is 1. The number of nitro groups is 1. The van der Waals surface area contributed by atoms with Crippen LogP contribution in [0.15, 0.2) is 79.0 Å². The molecular formula is C24H16FN3O2. The molecule has 6 heteroatoms. The molecule has 3 aromatic carbocycles. The first-order chi connectivity index (χ1) is 14.5. The smallest absolute Gasteiger partial charge is 0.270 e. The molecule has 1 heterocycles. The van der Waals surface area contributed by atoms with Crippen molar-refractivity contribution in [3.63, 3.8) is 0 Å². The Morgan fingerprint density at radius 1 is 1.10 bits per heavy atom. The number of nitriles is 1. The fourth-order valence-electron chi connectivity index (χ4n) is 3.43. The van der Waals surface area contributed by atoms with Crippen LogP contribution in [0.5, 0.6) is 0 Å². The van der Waals surface area contributed by atoms with E-state index in [0.717, 1.165) is 22.0 Å². The van der Waals surface area contributed by atoms with Crippen molar-refractivity contribution in [1.29, 1.82) is 5.26 Å². The number of hydrogen-bond donors (Lipinski definition) is 0. The van der Waals surface area contributed by atoms with E-state index in [1.54, 1.807) is 30.3 Å². The third-order valence-electron chi connectivity index (χ3n) is 4.87. The maximum atomic E-state index is 13.2. The van der Waals surface area contributed by atoms with Crippen LogP contribution in [0.4, 0.5) is 10.1 Å². The minimum absolute atomic E-state index is 0.0626. The molecule has 4 rings (SSSR count). The predicted octanol–water partition coefficient (Wildman–Crippen LogP) is 5.80. The van der Waals surface area contributed by atoms with Crippen molar-refractivity contribution in [2.24, 2.45) is 0 Å². The Bertz CT molecular complexity index is 1310. The normalized spacial score (nSPS) is 11.4. The van der Waals surface area contributed by atoms with Gasteiger partial charge >= 0.3 is 0 Å². The van der Waals surface area contributed by atoms with Gasteiger partial charge in [-0.25, -0.2) is 4.39 Å². The van der Waals surface area contributed by atoms with Gasteiger partial charge in [-0.3, -0.25) is 10.1 Å². The SMILES string of the molecule is N#CC(=Cc1cn(Cc2ccc(F)cc2)c2ccccc12)c1cccc([N+](=O)[O-])c1. The molecule has 0 aliphatic rings. The summed E-state index contributed by atoms with van der Waals surface area (Å²) in [6.45, 7) is 0.549. The fraction of sp³-hybridized carbons (Fsp3) is 0.0417. The van der Waals surface area contributed by atoms with Gasteiger partial charge in [0.2, 0.25) is 0 Å². The van der Waals surface area contributed by atoms with Crippen LogP contribution in [0, 0.1) is 27.3 Å². The lowest BCUT2D eigenvalue weighted by Crippen LogP contribution is -1.97. The molecule has 0 aliphatic carbocycles. The first-order valence-electron chi connectivity index (χ1n) is 9.24. The van der Waals surface area contributed by atoms with Crippen LogP contribution in [0.2, 0.25) is 0 Å². The summed E-state index contributed by atoms with van der Waals surface area (Å²) in [5, 5.41) is 21.7. The van der Waals surface area contributed by atoms with Gasteiger partial charge in [-0.2, -0.15) is 5.26 Å². The van der Waals surface area contributed by atoms with E-state index in [0.29, 0.717) is 17.7 Å². The van der Waals surface area contributed by atoms with Gasteiger partial charge in [0.25, 0.3) is 5.69 Å². The number of hydrogen-bond acceptors (Lipinski definition) is 3. The molecule has 0 unspecified atom stereocenters. The summed E-state index contributed by atoms with van der Waals surface area (Å²) in [7, 11) is 0. The van der Waals surface area contributed by atoms with Crippen LogP contribution in [0.25, 0.3) is 22.6 Å². The second-order valence-electron chi connectivity index (χ2n) is 6.83. The van der Waals surface area contributed by atoms with E-state index in [4.69, 9.17) is 0 Å². The van der Waals surface area contributed by atoms with E-state index < -0.39 is 4.92 Å². The van der Waals surface area contributed by atoms with Gasteiger partial charge in [-0.15, -0.1) is 0 Å². The van der Waals surface area contributed by atoms with Gasteiger partial charge in [0.05, 0.1) is 16.6 Å². The van der Waals surface area contributed by atoms with Crippen LogP contribution < -0.4 is 0 Å². The summed E-state index contributed by atoms with van der Waals surface area (Å²) in [5.41, 5.74) is 3.52. The summed E-state index contributed by atoms with van der Waals surface area (Å²) in [6, 6.07) is 22.3. The summed E-state index contributed by atoms with van der Waals surface area (Å²) >= 11 is 0. The number of rotatable bonds is 5. The zero-order chi connectivity index (χ0) is 21.1. The maximum Gasteiger partial charge on any atom is 0.270 e. The van der Waals surface area contributed by atoms with Crippen molar-refractivity contribution in [2.45, 2.75) is 6.54 Å². The Morgan fingerprint density at radius 3 is 2.60 bits per heavy atom. The standard InChI is InChI=1S/C24H16FN3O2/c25-21-10-8-17(9-11-21)15-27-16-20(23-6-1-2-7-24(23)27)12-19(14-26)18-4-3-5-22(13-18)28(29)30/h1-13,16H,15H2.